The van der Waals surface area contributed by atoms with E-state index in [-0.39, 0.29) is 24.9 Å². The molecule has 4 N–H and O–H groups in total. The molecule has 0 rings (SSSR count). The molecule has 0 atom stereocenters. The minimum absolute atomic E-state index is 0.00876. The Labute approximate surface area is 220 Å². The van der Waals surface area contributed by atoms with Crippen LogP contribution in [0.1, 0.15) is 96.8 Å². The molecule has 9 nitrogen and oxygen atoms in total. The molecule has 0 saturated carbocycles. The number of esters is 1. The number of sulfonamides is 1. The maximum Gasteiger partial charge on any atom is 0.305 e. The van der Waals surface area contributed by atoms with Gasteiger partial charge in [-0.3, -0.25) is 4.79 Å². The highest BCUT2D eigenvalue weighted by atomic mass is 32.2. The summed E-state index contributed by atoms with van der Waals surface area (Å²) in [6.07, 6.45) is 16.3. The number of aliphatic hydroxyl groups is 2. The summed E-state index contributed by atoms with van der Waals surface area (Å²) in [7, 11) is 0.219. The highest BCUT2D eigenvalue weighted by molar-refractivity contribution is 7.89. The van der Waals surface area contributed by atoms with Gasteiger partial charge in [0, 0.05) is 26.1 Å². The zero-order valence-electron chi connectivity index (χ0n) is 23.2. The van der Waals surface area contributed by atoms with Crippen molar-refractivity contribution in [3.8, 4) is 0 Å². The van der Waals surface area contributed by atoms with E-state index in [9.17, 15) is 23.4 Å². The smallest absolute Gasteiger partial charge is 0.305 e. The first-order chi connectivity index (χ1) is 17.2. The Hall–Kier alpha value is -0.780. The Kier molecular flexibility index (Phi) is 21.7. The molecule has 10 heteroatoms. The van der Waals surface area contributed by atoms with Gasteiger partial charge in [-0.1, -0.05) is 84.0 Å². The second kappa shape index (κ2) is 22.2. The number of nitrogens with one attached hydrogen (secondary N) is 2. The normalized spacial score (nSPS) is 12.4. The Bertz CT molecular complexity index is 627. The van der Waals surface area contributed by atoms with Crippen LogP contribution in [-0.2, 0) is 19.6 Å². The van der Waals surface area contributed by atoms with Crippen molar-refractivity contribution in [3.63, 3.8) is 0 Å². The molecule has 0 unspecified atom stereocenters. The van der Waals surface area contributed by atoms with Gasteiger partial charge in [0.25, 0.3) is 0 Å². The second-order valence-corrected chi connectivity index (χ2v) is 12.1. The average molecular weight is 538 g/mol. The zero-order chi connectivity index (χ0) is 27.1. The van der Waals surface area contributed by atoms with Gasteiger partial charge in [0.1, 0.15) is 6.61 Å². The van der Waals surface area contributed by atoms with E-state index < -0.39 is 28.8 Å². The van der Waals surface area contributed by atoms with Crippen molar-refractivity contribution in [2.45, 2.75) is 102 Å². The molecule has 0 amide bonds. The number of ether oxygens (including phenoxy) is 1. The average Bonchev–Trinajstić information content (AvgIpc) is 2.84. The third-order valence-electron chi connectivity index (χ3n) is 6.35. The molecule has 0 saturated heterocycles. The van der Waals surface area contributed by atoms with Crippen molar-refractivity contribution in [1.29, 1.82) is 0 Å². The lowest BCUT2D eigenvalue weighted by molar-refractivity contribution is -0.147. The number of hydrogen-bond acceptors (Lipinski definition) is 8. The van der Waals surface area contributed by atoms with E-state index in [1.165, 1.54) is 64.2 Å². The topological polar surface area (TPSA) is 128 Å². The highest BCUT2D eigenvalue weighted by Crippen LogP contribution is 2.13. The van der Waals surface area contributed by atoms with E-state index >= 15 is 0 Å². The lowest BCUT2D eigenvalue weighted by Gasteiger charge is -2.30. The van der Waals surface area contributed by atoms with Crippen LogP contribution in [0.4, 0.5) is 0 Å². The fourth-order valence-corrected chi connectivity index (χ4v) is 4.75. The van der Waals surface area contributed by atoms with E-state index in [1.54, 1.807) is 0 Å². The van der Waals surface area contributed by atoms with E-state index in [0.29, 0.717) is 19.5 Å². The van der Waals surface area contributed by atoms with Gasteiger partial charge in [-0.15, -0.1) is 0 Å². The molecule has 0 aromatic heterocycles. The summed E-state index contributed by atoms with van der Waals surface area (Å²) >= 11 is 0. The Morgan fingerprint density at radius 3 is 1.81 bits per heavy atom. The molecule has 216 valence electrons. The minimum atomic E-state index is -3.49. The van der Waals surface area contributed by atoms with E-state index in [0.717, 1.165) is 19.3 Å². The van der Waals surface area contributed by atoms with Crippen LogP contribution in [0, 0.1) is 0 Å². The van der Waals surface area contributed by atoms with Crippen molar-refractivity contribution < 1.29 is 28.2 Å². The number of carbonyl (C=O) groups is 1. The van der Waals surface area contributed by atoms with Gasteiger partial charge in [-0.25, -0.2) is 13.1 Å². The van der Waals surface area contributed by atoms with E-state index in [2.05, 4.69) is 17.0 Å². The molecule has 0 aliphatic heterocycles. The summed E-state index contributed by atoms with van der Waals surface area (Å²) in [6.45, 7) is 1.96. The molecule has 0 spiro atoms. The van der Waals surface area contributed by atoms with Crippen LogP contribution < -0.4 is 10.0 Å². The van der Waals surface area contributed by atoms with Crippen LogP contribution in [0.15, 0.2) is 0 Å². The molecule has 0 aliphatic carbocycles. The molecule has 0 radical (unpaired) electrons. The van der Waals surface area contributed by atoms with Crippen molar-refractivity contribution >= 4 is 16.0 Å². The van der Waals surface area contributed by atoms with Crippen molar-refractivity contribution in [1.82, 2.24) is 14.9 Å². The molecule has 36 heavy (non-hydrogen) atoms. The van der Waals surface area contributed by atoms with Crippen LogP contribution >= 0.6 is 0 Å². The molecular formula is C26H55N3O6S. The maximum atomic E-state index is 12.1. The van der Waals surface area contributed by atoms with Gasteiger partial charge in [-0.05, 0) is 20.5 Å². The van der Waals surface area contributed by atoms with Crippen molar-refractivity contribution in [2.24, 2.45) is 0 Å². The second-order valence-electron chi connectivity index (χ2n) is 10.2. The lowest BCUT2D eigenvalue weighted by atomic mass is 10.0. The van der Waals surface area contributed by atoms with Gasteiger partial charge in [0.05, 0.1) is 24.5 Å². The fraction of sp³-hybridized carbons (Fsp3) is 0.962. The van der Waals surface area contributed by atoms with Crippen LogP contribution in [-0.4, -0.2) is 94.3 Å². The SMILES string of the molecule is CCCCCCCCCCCCCCCC(=O)OCC(CO)(CO)NCCS(=O)(=O)NCCN(C)C. The largest absolute Gasteiger partial charge is 0.464 e. The number of hydrogen-bond donors (Lipinski definition) is 4. The van der Waals surface area contributed by atoms with E-state index in [4.69, 9.17) is 4.74 Å². The molecule has 0 fully saturated rings. The quantitative estimate of drug-likeness (QED) is 0.0980. The van der Waals surface area contributed by atoms with Crippen LogP contribution in [0.5, 0.6) is 0 Å². The van der Waals surface area contributed by atoms with Gasteiger partial charge in [-0.2, -0.15) is 0 Å². The number of nitrogens with zero attached hydrogens (tertiary/aromatic N) is 1. The zero-order valence-corrected chi connectivity index (χ0v) is 24.0. The first-order valence-electron chi connectivity index (χ1n) is 13.9. The molecule has 0 aliphatic rings. The summed E-state index contributed by atoms with van der Waals surface area (Å²) in [5.41, 5.74) is -1.27. The third kappa shape index (κ3) is 20.3. The van der Waals surface area contributed by atoms with Gasteiger partial charge in [0.2, 0.25) is 10.0 Å². The Morgan fingerprint density at radius 1 is 0.833 bits per heavy atom. The van der Waals surface area contributed by atoms with Gasteiger partial charge < -0.3 is 25.2 Å². The highest BCUT2D eigenvalue weighted by Gasteiger charge is 2.30. The third-order valence-corrected chi connectivity index (χ3v) is 7.74. The molecule has 0 aromatic carbocycles. The maximum absolute atomic E-state index is 12.1. The summed E-state index contributed by atoms with van der Waals surface area (Å²) in [5, 5.41) is 22.3. The van der Waals surface area contributed by atoms with Crippen molar-refractivity contribution in [3.05, 3.63) is 0 Å². The molecular weight excluding hydrogens is 482 g/mol. The number of unbranched alkanes of at least 4 members (excludes halogenated alkanes) is 12. The van der Waals surface area contributed by atoms with Crippen LogP contribution in [0.25, 0.3) is 0 Å². The number of likely N-dealkylation sites (N-methyl/N-ethyl adjacent to an activating group) is 1. The van der Waals surface area contributed by atoms with Crippen LogP contribution in [0.3, 0.4) is 0 Å². The van der Waals surface area contributed by atoms with E-state index in [1.807, 2.05) is 19.0 Å². The minimum Gasteiger partial charge on any atom is -0.464 e. The summed E-state index contributed by atoms with van der Waals surface area (Å²) < 4.78 is 31.9. The van der Waals surface area contributed by atoms with Crippen molar-refractivity contribution in [2.75, 3.05) is 59.3 Å². The van der Waals surface area contributed by atoms with Gasteiger partial charge >= 0.3 is 5.97 Å². The lowest BCUT2D eigenvalue weighted by Crippen LogP contribution is -2.57. The first-order valence-corrected chi connectivity index (χ1v) is 15.6. The van der Waals surface area contributed by atoms with Crippen LogP contribution in [0.2, 0.25) is 0 Å². The Balaban J connectivity index is 3.95. The first kappa shape index (κ1) is 35.2. The fourth-order valence-electron chi connectivity index (χ4n) is 3.83. The monoisotopic (exact) mass is 537 g/mol. The predicted molar refractivity (Wildman–Crippen MR) is 147 cm³/mol. The molecule has 0 bridgehead atoms. The standard InChI is InChI=1S/C26H55N3O6S/c1-4-5-6-7-8-9-10-11-12-13-14-15-16-17-25(32)35-24-26(22-30,23-31)27-19-21-36(33,34)28-18-20-29(2)3/h27-28,30-31H,4-24H2,1-3H3. The summed E-state index contributed by atoms with van der Waals surface area (Å²) in [4.78, 5) is 14.0. The summed E-state index contributed by atoms with van der Waals surface area (Å²) in [6, 6.07) is 0. The number of carbonyl (C=O) groups excluding carboxylic acids is 1. The molecule has 0 aromatic rings. The Morgan fingerprint density at radius 2 is 1.33 bits per heavy atom. The van der Waals surface area contributed by atoms with Gasteiger partial charge in [0.15, 0.2) is 0 Å². The molecule has 0 heterocycles. The predicted octanol–water partition coefficient (Wildman–Crippen LogP) is 2.80. The number of rotatable bonds is 26. The summed E-state index contributed by atoms with van der Waals surface area (Å²) in [5.74, 6) is -0.584. The number of aliphatic hydroxyl groups excluding tert-OH is 2.